The lowest BCUT2D eigenvalue weighted by molar-refractivity contribution is -0.0206. The van der Waals surface area contributed by atoms with E-state index in [0.29, 0.717) is 23.1 Å². The zero-order valence-corrected chi connectivity index (χ0v) is 21.0. The van der Waals surface area contributed by atoms with Crippen LogP contribution in [0.25, 0.3) is 0 Å². The molecule has 0 saturated heterocycles. The second-order valence-corrected chi connectivity index (χ2v) is 15.1. The molecule has 1 N–H and O–H groups in total. The van der Waals surface area contributed by atoms with Crippen LogP contribution in [0.15, 0.2) is 17.1 Å². The molecule has 1 aromatic rings. The molecular formula is C25H45NO3Si. The first-order chi connectivity index (χ1) is 14.4. The van der Waals surface area contributed by atoms with Crippen LogP contribution in [0.2, 0.25) is 18.1 Å². The second kappa shape index (κ2) is 10.3. The Balaban J connectivity index is 1.58. The molecule has 0 bridgehead atoms. The normalized spacial score (nSPS) is 31.5. The Morgan fingerprint density at radius 3 is 2.57 bits per heavy atom. The molecule has 0 spiro atoms. The molecule has 1 aromatic heterocycles. The van der Waals surface area contributed by atoms with Gasteiger partial charge in [-0.25, -0.2) is 4.98 Å². The molecule has 0 radical (unpaired) electrons. The van der Waals surface area contributed by atoms with E-state index >= 15 is 0 Å². The minimum Gasteiger partial charge on any atom is -0.451 e. The van der Waals surface area contributed by atoms with Gasteiger partial charge >= 0.3 is 0 Å². The maximum absolute atomic E-state index is 10.3. The van der Waals surface area contributed by atoms with E-state index in [4.69, 9.17) is 8.84 Å². The number of aliphatic hydroxyl groups excluding tert-OH is 1. The quantitative estimate of drug-likeness (QED) is 0.376. The van der Waals surface area contributed by atoms with Crippen LogP contribution in [0, 0.1) is 23.2 Å². The van der Waals surface area contributed by atoms with Crippen LogP contribution in [0.1, 0.15) is 97.8 Å². The molecule has 3 rings (SSSR count). The number of aliphatic hydroxyl groups is 1. The molecule has 2 unspecified atom stereocenters. The molecule has 4 nitrogen and oxygen atoms in total. The summed E-state index contributed by atoms with van der Waals surface area (Å²) in [6.07, 6.45) is 12.6. The summed E-state index contributed by atoms with van der Waals surface area (Å²) >= 11 is 0. The zero-order valence-electron chi connectivity index (χ0n) is 20.0. The highest BCUT2D eigenvalue weighted by molar-refractivity contribution is 6.73. The molecule has 1 heterocycles. The predicted molar refractivity (Wildman–Crippen MR) is 125 cm³/mol. The van der Waals surface area contributed by atoms with Crippen molar-refractivity contribution in [1.29, 1.82) is 0 Å². The first-order valence-corrected chi connectivity index (χ1v) is 15.2. The maximum atomic E-state index is 10.3. The van der Waals surface area contributed by atoms with Crippen molar-refractivity contribution in [3.63, 3.8) is 0 Å². The van der Waals surface area contributed by atoms with Crippen LogP contribution in [0.5, 0.6) is 0 Å². The van der Waals surface area contributed by atoms with Gasteiger partial charge in [-0.2, -0.15) is 0 Å². The van der Waals surface area contributed by atoms with Gasteiger partial charge in [0.15, 0.2) is 14.7 Å². The van der Waals surface area contributed by atoms with E-state index in [0.717, 1.165) is 24.7 Å². The number of oxazole rings is 1. The van der Waals surface area contributed by atoms with Gasteiger partial charge in [-0.1, -0.05) is 53.9 Å². The van der Waals surface area contributed by atoms with Crippen LogP contribution < -0.4 is 0 Å². The third-order valence-corrected chi connectivity index (χ3v) is 13.8. The van der Waals surface area contributed by atoms with Crippen molar-refractivity contribution in [3.8, 4) is 0 Å². The molecule has 0 aliphatic heterocycles. The highest BCUT2D eigenvalue weighted by Crippen LogP contribution is 2.59. The summed E-state index contributed by atoms with van der Waals surface area (Å²) in [5.41, 5.74) is 1.10. The van der Waals surface area contributed by atoms with Crippen molar-refractivity contribution in [2.24, 2.45) is 23.2 Å². The van der Waals surface area contributed by atoms with E-state index in [-0.39, 0.29) is 0 Å². The largest absolute Gasteiger partial charge is 0.451 e. The third-order valence-electron chi connectivity index (χ3n) is 9.09. The van der Waals surface area contributed by atoms with Crippen molar-refractivity contribution in [3.05, 3.63) is 18.4 Å². The summed E-state index contributed by atoms with van der Waals surface area (Å²) < 4.78 is 12.1. The number of fused-ring (bicyclic) bond motifs is 1. The molecule has 5 heteroatoms. The molecule has 0 aromatic carbocycles. The van der Waals surface area contributed by atoms with E-state index in [2.05, 4.69) is 39.6 Å². The van der Waals surface area contributed by atoms with E-state index in [1.807, 2.05) is 0 Å². The van der Waals surface area contributed by atoms with Crippen molar-refractivity contribution in [2.45, 2.75) is 116 Å². The van der Waals surface area contributed by atoms with E-state index < -0.39 is 14.4 Å². The molecule has 0 amide bonds. The Morgan fingerprint density at radius 1 is 1.20 bits per heavy atom. The highest BCUT2D eigenvalue weighted by atomic mass is 28.4. The molecule has 30 heavy (non-hydrogen) atoms. The lowest BCUT2D eigenvalue weighted by atomic mass is 9.61. The van der Waals surface area contributed by atoms with Gasteiger partial charge in [0.1, 0.15) is 12.0 Å². The second-order valence-electron chi connectivity index (χ2n) is 10.4. The minimum absolute atomic E-state index is 0.433. The molecule has 2 fully saturated rings. The first kappa shape index (κ1) is 24.0. The number of rotatable bonds is 11. The van der Waals surface area contributed by atoms with Gasteiger partial charge in [0.05, 0.1) is 6.10 Å². The minimum atomic E-state index is -1.55. The lowest BCUT2D eigenvalue weighted by Gasteiger charge is -2.49. The van der Waals surface area contributed by atoms with Crippen LogP contribution in [-0.2, 0) is 4.43 Å². The fourth-order valence-corrected chi connectivity index (χ4v) is 9.85. The van der Waals surface area contributed by atoms with Crippen LogP contribution in [-0.4, -0.2) is 24.5 Å². The van der Waals surface area contributed by atoms with Crippen molar-refractivity contribution < 1.29 is 13.9 Å². The monoisotopic (exact) mass is 435 g/mol. The Labute approximate surface area is 185 Å². The average Bonchev–Trinajstić information content (AvgIpc) is 3.40. The number of hydrogen-bond acceptors (Lipinski definition) is 4. The summed E-state index contributed by atoms with van der Waals surface area (Å²) in [5.74, 6) is 2.24. The molecular weight excluding hydrogens is 390 g/mol. The van der Waals surface area contributed by atoms with Gasteiger partial charge in [-0.3, -0.25) is 0 Å². The standard InChI is InChI=1S/C25H45NO3Si/c1-6-30(7-2,8-3)29-24-13-10-16-25(5)20(14-15-21(24)25)19(4)11-9-12-23(27)22-17-28-18-26-22/h17-21,23-24,27H,6-16H2,1-5H3/t19-,20-,21+,23?,24?,25-/m1/s1. The third kappa shape index (κ3) is 4.88. The molecule has 172 valence electrons. The maximum Gasteiger partial charge on any atom is 0.192 e. The van der Waals surface area contributed by atoms with Crippen molar-refractivity contribution in [1.82, 2.24) is 4.98 Å². The molecule has 6 atom stereocenters. The van der Waals surface area contributed by atoms with Gasteiger partial charge in [0, 0.05) is 6.10 Å². The van der Waals surface area contributed by atoms with Gasteiger partial charge in [0.2, 0.25) is 0 Å². The summed E-state index contributed by atoms with van der Waals surface area (Å²) in [5, 5.41) is 10.3. The Kier molecular flexibility index (Phi) is 8.25. The predicted octanol–water partition coefficient (Wildman–Crippen LogP) is 7.12. The zero-order chi connectivity index (χ0) is 21.8. The Bertz CT molecular complexity index is 624. The Morgan fingerprint density at radius 2 is 1.93 bits per heavy atom. The van der Waals surface area contributed by atoms with E-state index in [1.54, 1.807) is 6.26 Å². The number of nitrogens with zero attached hydrogens (tertiary/aromatic N) is 1. The summed E-state index contributed by atoms with van der Waals surface area (Å²) in [6, 6.07) is 3.77. The SMILES string of the molecule is CC[Si](CC)(CC)OC1CCC[C@]2(C)[C@@H]([C@H](C)CCCC(O)c3cocn3)CC[C@@H]12. The highest BCUT2D eigenvalue weighted by Gasteiger charge is 2.53. The number of aromatic nitrogens is 1. The molecule has 2 aliphatic rings. The van der Waals surface area contributed by atoms with Gasteiger partial charge in [-0.15, -0.1) is 0 Å². The van der Waals surface area contributed by atoms with Crippen LogP contribution in [0.3, 0.4) is 0 Å². The number of hydrogen-bond donors (Lipinski definition) is 1. The fourth-order valence-electron chi connectivity index (χ4n) is 6.93. The first-order valence-electron chi connectivity index (χ1n) is 12.6. The van der Waals surface area contributed by atoms with Gasteiger partial charge in [0.25, 0.3) is 0 Å². The fraction of sp³-hybridized carbons (Fsp3) is 0.880. The Hall–Kier alpha value is -0.653. The topological polar surface area (TPSA) is 55.5 Å². The average molecular weight is 436 g/mol. The van der Waals surface area contributed by atoms with Crippen LogP contribution in [0.4, 0.5) is 0 Å². The van der Waals surface area contributed by atoms with Crippen molar-refractivity contribution in [2.75, 3.05) is 0 Å². The van der Waals surface area contributed by atoms with Gasteiger partial charge < -0.3 is 13.9 Å². The summed E-state index contributed by atoms with van der Waals surface area (Å²) in [6.45, 7) is 12.1. The molecule has 2 aliphatic carbocycles. The van der Waals surface area contributed by atoms with E-state index in [1.165, 1.54) is 63.1 Å². The lowest BCUT2D eigenvalue weighted by Crippen LogP contribution is -2.48. The summed E-state index contributed by atoms with van der Waals surface area (Å²) in [4.78, 5) is 4.09. The molecule has 2 saturated carbocycles. The van der Waals surface area contributed by atoms with Crippen molar-refractivity contribution >= 4 is 8.32 Å². The van der Waals surface area contributed by atoms with Gasteiger partial charge in [-0.05, 0) is 73.4 Å². The smallest absolute Gasteiger partial charge is 0.192 e. The van der Waals surface area contributed by atoms with Crippen LogP contribution >= 0.6 is 0 Å². The summed E-state index contributed by atoms with van der Waals surface area (Å²) in [7, 11) is -1.55. The van der Waals surface area contributed by atoms with E-state index in [9.17, 15) is 5.11 Å².